The minimum absolute atomic E-state index is 0.241. The molecule has 0 aliphatic carbocycles. The van der Waals surface area contributed by atoms with Crippen LogP contribution >= 0.6 is 0 Å². The molecule has 0 radical (unpaired) electrons. The molecule has 1 aromatic heterocycles. The van der Waals surface area contributed by atoms with Gasteiger partial charge in [-0.1, -0.05) is 24.3 Å². The topological polar surface area (TPSA) is 48.7 Å². The van der Waals surface area contributed by atoms with E-state index in [1.165, 1.54) is 5.56 Å². The van der Waals surface area contributed by atoms with Crippen molar-refractivity contribution in [2.45, 2.75) is 6.54 Å². The molecule has 0 saturated carbocycles. The molecule has 1 N–H and O–H groups in total. The van der Waals surface area contributed by atoms with E-state index >= 15 is 0 Å². The second-order valence-corrected chi connectivity index (χ2v) is 5.95. The molecule has 0 unspecified atom stereocenters. The van der Waals surface area contributed by atoms with Gasteiger partial charge >= 0.3 is 0 Å². The van der Waals surface area contributed by atoms with Crippen molar-refractivity contribution in [2.75, 3.05) is 7.05 Å². The average molecular weight is 315 g/mol. The zero-order chi connectivity index (χ0) is 16.5. The van der Waals surface area contributed by atoms with Crippen molar-refractivity contribution in [1.82, 2.24) is 9.88 Å². The number of benzene rings is 2. The minimum Gasteiger partial charge on any atom is -0.508 e. The van der Waals surface area contributed by atoms with Crippen LogP contribution in [-0.4, -0.2) is 28.4 Å². The summed E-state index contributed by atoms with van der Waals surface area (Å²) in [4.78, 5) is 11.1. The standard InChI is InChI=1S/C20H17N3O/c1-23-12-16-10-14(7-8-19(16)22-13-23)18-6-3-9-21-20(18)15-4-2-5-17(24)11-15/h2-11,13,24H,12H2,1H3. The molecule has 3 aromatic rings. The fourth-order valence-electron chi connectivity index (χ4n) is 3.00. The van der Waals surface area contributed by atoms with Gasteiger partial charge in [0, 0.05) is 30.9 Å². The van der Waals surface area contributed by atoms with Gasteiger partial charge in [0.25, 0.3) is 0 Å². The van der Waals surface area contributed by atoms with Crippen LogP contribution in [0.4, 0.5) is 5.69 Å². The first-order chi connectivity index (χ1) is 11.7. The minimum atomic E-state index is 0.241. The van der Waals surface area contributed by atoms with Gasteiger partial charge in [-0.15, -0.1) is 0 Å². The van der Waals surface area contributed by atoms with Crippen LogP contribution in [0.1, 0.15) is 5.56 Å². The number of rotatable bonds is 2. The van der Waals surface area contributed by atoms with Crippen molar-refractivity contribution in [3.8, 4) is 28.1 Å². The second kappa shape index (κ2) is 5.81. The molecule has 24 heavy (non-hydrogen) atoms. The molecule has 118 valence electrons. The number of hydrogen-bond donors (Lipinski definition) is 1. The lowest BCUT2D eigenvalue weighted by atomic mass is 9.97. The van der Waals surface area contributed by atoms with Crippen LogP contribution in [0.5, 0.6) is 5.75 Å². The lowest BCUT2D eigenvalue weighted by molar-refractivity contribution is 0.475. The molecular formula is C20H17N3O. The summed E-state index contributed by atoms with van der Waals surface area (Å²) in [5, 5.41) is 9.77. The SMILES string of the molecule is CN1C=Nc2ccc(-c3cccnc3-c3cccc(O)c3)cc2C1. The summed E-state index contributed by atoms with van der Waals surface area (Å²) in [5.41, 5.74) is 6.12. The van der Waals surface area contributed by atoms with E-state index in [9.17, 15) is 5.11 Å². The van der Waals surface area contributed by atoms with E-state index < -0.39 is 0 Å². The van der Waals surface area contributed by atoms with Crippen molar-refractivity contribution < 1.29 is 5.11 Å². The van der Waals surface area contributed by atoms with E-state index in [0.29, 0.717) is 0 Å². The van der Waals surface area contributed by atoms with Crippen LogP contribution in [0.3, 0.4) is 0 Å². The number of nitrogens with zero attached hydrogens (tertiary/aromatic N) is 3. The first-order valence-electron chi connectivity index (χ1n) is 7.83. The summed E-state index contributed by atoms with van der Waals surface area (Å²) >= 11 is 0. The monoisotopic (exact) mass is 315 g/mol. The molecule has 0 saturated heterocycles. The third kappa shape index (κ3) is 2.63. The molecule has 4 nitrogen and oxygen atoms in total. The second-order valence-electron chi connectivity index (χ2n) is 5.95. The Morgan fingerprint density at radius 3 is 2.79 bits per heavy atom. The number of aromatic hydroxyl groups is 1. The van der Waals surface area contributed by atoms with Crippen LogP contribution < -0.4 is 0 Å². The first kappa shape index (κ1) is 14.5. The zero-order valence-corrected chi connectivity index (χ0v) is 13.3. The van der Waals surface area contributed by atoms with Crippen molar-refractivity contribution >= 4 is 12.0 Å². The molecule has 0 bridgehead atoms. The smallest absolute Gasteiger partial charge is 0.116 e. The normalized spacial score (nSPS) is 13.0. The molecule has 0 fully saturated rings. The molecular weight excluding hydrogens is 298 g/mol. The maximum absolute atomic E-state index is 9.77. The Bertz CT molecular complexity index is 934. The van der Waals surface area contributed by atoms with Crippen LogP contribution in [0, 0.1) is 0 Å². The molecule has 0 spiro atoms. The van der Waals surface area contributed by atoms with Crippen molar-refractivity contribution in [3.63, 3.8) is 0 Å². The van der Waals surface area contributed by atoms with E-state index in [1.54, 1.807) is 18.3 Å². The number of pyridine rings is 1. The highest BCUT2D eigenvalue weighted by Gasteiger charge is 2.13. The lowest BCUT2D eigenvalue weighted by Gasteiger charge is -2.20. The van der Waals surface area contributed by atoms with E-state index in [0.717, 1.165) is 34.6 Å². The first-order valence-corrected chi connectivity index (χ1v) is 7.83. The fraction of sp³-hybridized carbons (Fsp3) is 0.100. The fourth-order valence-corrected chi connectivity index (χ4v) is 3.00. The third-order valence-corrected chi connectivity index (χ3v) is 4.13. The van der Waals surface area contributed by atoms with Crippen LogP contribution in [0.25, 0.3) is 22.4 Å². The number of aromatic nitrogens is 1. The number of phenolic OH excluding ortho intramolecular Hbond substituents is 1. The van der Waals surface area contributed by atoms with Gasteiger partial charge in [-0.2, -0.15) is 0 Å². The van der Waals surface area contributed by atoms with Crippen LogP contribution in [0.15, 0.2) is 65.8 Å². The third-order valence-electron chi connectivity index (χ3n) is 4.13. The predicted molar refractivity (Wildman–Crippen MR) is 96.4 cm³/mol. The van der Waals surface area contributed by atoms with Gasteiger partial charge in [0.2, 0.25) is 0 Å². The number of aliphatic imine (C=N–C) groups is 1. The van der Waals surface area contributed by atoms with Gasteiger partial charge in [-0.25, -0.2) is 4.99 Å². The van der Waals surface area contributed by atoms with Crippen molar-refractivity contribution in [3.05, 3.63) is 66.4 Å². The Morgan fingerprint density at radius 2 is 1.92 bits per heavy atom. The van der Waals surface area contributed by atoms with Gasteiger partial charge in [0.1, 0.15) is 5.75 Å². The lowest BCUT2D eigenvalue weighted by Crippen LogP contribution is -2.18. The largest absolute Gasteiger partial charge is 0.508 e. The molecule has 4 rings (SSSR count). The van der Waals surface area contributed by atoms with Crippen molar-refractivity contribution in [1.29, 1.82) is 0 Å². The summed E-state index contributed by atoms with van der Waals surface area (Å²) in [6, 6.07) is 17.5. The predicted octanol–water partition coefficient (Wildman–Crippen LogP) is 4.23. The molecule has 2 aromatic carbocycles. The van der Waals surface area contributed by atoms with E-state index in [1.807, 2.05) is 37.7 Å². The molecule has 1 aliphatic rings. The van der Waals surface area contributed by atoms with Gasteiger partial charge in [0.15, 0.2) is 0 Å². The zero-order valence-electron chi connectivity index (χ0n) is 13.3. The number of fused-ring (bicyclic) bond motifs is 1. The highest BCUT2D eigenvalue weighted by molar-refractivity contribution is 5.82. The Kier molecular flexibility index (Phi) is 3.50. The van der Waals surface area contributed by atoms with Crippen LogP contribution in [0.2, 0.25) is 0 Å². The molecule has 2 heterocycles. The van der Waals surface area contributed by atoms with E-state index in [4.69, 9.17) is 0 Å². The Hall–Kier alpha value is -3.14. The van der Waals surface area contributed by atoms with Gasteiger partial charge in [-0.3, -0.25) is 4.98 Å². The summed E-state index contributed by atoms with van der Waals surface area (Å²) in [6.45, 7) is 0.842. The highest BCUT2D eigenvalue weighted by Crippen LogP contribution is 2.34. The number of hydrogen-bond acceptors (Lipinski definition) is 4. The van der Waals surface area contributed by atoms with Crippen molar-refractivity contribution in [2.24, 2.45) is 4.99 Å². The highest BCUT2D eigenvalue weighted by atomic mass is 16.3. The summed E-state index contributed by atoms with van der Waals surface area (Å²) in [5.74, 6) is 0.241. The Balaban J connectivity index is 1.84. The van der Waals surface area contributed by atoms with Gasteiger partial charge < -0.3 is 10.0 Å². The maximum Gasteiger partial charge on any atom is 0.116 e. The summed E-state index contributed by atoms with van der Waals surface area (Å²) in [7, 11) is 2.02. The molecule has 0 atom stereocenters. The maximum atomic E-state index is 9.77. The van der Waals surface area contributed by atoms with E-state index in [-0.39, 0.29) is 5.75 Å². The summed E-state index contributed by atoms with van der Waals surface area (Å²) < 4.78 is 0. The molecule has 1 aliphatic heterocycles. The Labute approximate surface area is 140 Å². The number of phenols is 1. The quantitative estimate of drug-likeness (QED) is 0.770. The van der Waals surface area contributed by atoms with Gasteiger partial charge in [0.05, 0.1) is 17.7 Å². The summed E-state index contributed by atoms with van der Waals surface area (Å²) in [6.07, 6.45) is 3.63. The molecule has 4 heteroatoms. The van der Waals surface area contributed by atoms with Gasteiger partial charge in [-0.05, 0) is 41.5 Å². The average Bonchev–Trinajstić information content (AvgIpc) is 2.61. The Morgan fingerprint density at radius 1 is 1.00 bits per heavy atom. The van der Waals surface area contributed by atoms with Crippen LogP contribution in [-0.2, 0) is 6.54 Å². The molecule has 0 amide bonds. The van der Waals surface area contributed by atoms with E-state index in [2.05, 4.69) is 33.1 Å².